The standard InChI is InChI=1S/C17H15N/c1-11-9-12(2)16-14(10-11)17(16)8-7-13-5-3-4-6-15(13)18-17/h3-10,18H,1-2H3/t17-/m0/s1. The fourth-order valence-electron chi connectivity index (χ4n) is 3.24. The highest BCUT2D eigenvalue weighted by Gasteiger charge is 2.51. The first-order valence-corrected chi connectivity index (χ1v) is 6.39. The van der Waals surface area contributed by atoms with Crippen molar-refractivity contribution in [1.29, 1.82) is 0 Å². The van der Waals surface area contributed by atoms with Crippen LogP contribution in [0.25, 0.3) is 6.08 Å². The van der Waals surface area contributed by atoms with Gasteiger partial charge in [-0.05, 0) is 48.2 Å². The number of hydrogen-bond acceptors (Lipinski definition) is 1. The first-order valence-electron chi connectivity index (χ1n) is 6.39. The number of anilines is 1. The molecule has 2 aromatic rings. The van der Waals surface area contributed by atoms with Gasteiger partial charge in [0.1, 0.15) is 5.54 Å². The van der Waals surface area contributed by atoms with Gasteiger partial charge in [0.2, 0.25) is 0 Å². The molecule has 2 aromatic carbocycles. The van der Waals surface area contributed by atoms with Gasteiger partial charge in [0, 0.05) is 5.69 Å². The van der Waals surface area contributed by atoms with Gasteiger partial charge in [0.15, 0.2) is 0 Å². The maximum absolute atomic E-state index is 3.69. The second-order valence-electron chi connectivity index (χ2n) is 5.36. The highest BCUT2D eigenvalue weighted by Crippen LogP contribution is 2.55. The zero-order valence-corrected chi connectivity index (χ0v) is 10.6. The Kier molecular flexibility index (Phi) is 1.69. The van der Waals surface area contributed by atoms with E-state index in [4.69, 9.17) is 0 Å². The van der Waals surface area contributed by atoms with Crippen molar-refractivity contribution in [2.45, 2.75) is 19.4 Å². The van der Waals surface area contributed by atoms with E-state index < -0.39 is 0 Å². The average molecular weight is 233 g/mol. The summed E-state index contributed by atoms with van der Waals surface area (Å²) >= 11 is 0. The van der Waals surface area contributed by atoms with E-state index in [1.807, 2.05) is 0 Å². The van der Waals surface area contributed by atoms with Gasteiger partial charge in [-0.3, -0.25) is 0 Å². The van der Waals surface area contributed by atoms with Crippen LogP contribution in [0.2, 0.25) is 0 Å². The summed E-state index contributed by atoms with van der Waals surface area (Å²) in [6.45, 7) is 4.37. The van der Waals surface area contributed by atoms with Gasteiger partial charge < -0.3 is 5.32 Å². The van der Waals surface area contributed by atoms with Gasteiger partial charge in [0.05, 0.1) is 0 Å². The fourth-order valence-corrected chi connectivity index (χ4v) is 3.24. The van der Waals surface area contributed by atoms with Gasteiger partial charge >= 0.3 is 0 Å². The molecular formula is C17H15N. The molecule has 1 nitrogen and oxygen atoms in total. The molecule has 2 aliphatic rings. The quantitative estimate of drug-likeness (QED) is 0.725. The summed E-state index contributed by atoms with van der Waals surface area (Å²) in [5.74, 6) is 0. The summed E-state index contributed by atoms with van der Waals surface area (Å²) in [5.41, 5.74) is 8.11. The van der Waals surface area contributed by atoms with Crippen LogP contribution in [0.4, 0.5) is 5.69 Å². The molecule has 1 aliphatic carbocycles. The van der Waals surface area contributed by atoms with E-state index >= 15 is 0 Å². The molecule has 0 fully saturated rings. The predicted molar refractivity (Wildman–Crippen MR) is 75.8 cm³/mol. The van der Waals surface area contributed by atoms with Crippen molar-refractivity contribution in [1.82, 2.24) is 0 Å². The number of benzene rings is 2. The fraction of sp³-hybridized carbons (Fsp3) is 0.176. The van der Waals surface area contributed by atoms with Crippen molar-refractivity contribution in [2.24, 2.45) is 0 Å². The molecule has 0 amide bonds. The van der Waals surface area contributed by atoms with Crippen molar-refractivity contribution in [3.05, 3.63) is 70.3 Å². The number of rotatable bonds is 0. The van der Waals surface area contributed by atoms with E-state index in [0.29, 0.717) is 0 Å². The third-order valence-electron chi connectivity index (χ3n) is 4.04. The largest absolute Gasteiger partial charge is 0.368 e. The first-order chi connectivity index (χ1) is 8.71. The molecule has 0 saturated heterocycles. The van der Waals surface area contributed by atoms with E-state index in [-0.39, 0.29) is 5.54 Å². The van der Waals surface area contributed by atoms with Crippen molar-refractivity contribution < 1.29 is 0 Å². The van der Waals surface area contributed by atoms with Crippen LogP contribution in [0.1, 0.15) is 27.8 Å². The van der Waals surface area contributed by atoms with Crippen LogP contribution in [0.5, 0.6) is 0 Å². The van der Waals surface area contributed by atoms with Gasteiger partial charge in [-0.15, -0.1) is 0 Å². The highest BCUT2D eigenvalue weighted by atomic mass is 15.0. The Bertz CT molecular complexity index is 697. The zero-order valence-electron chi connectivity index (χ0n) is 10.6. The maximum Gasteiger partial charge on any atom is 0.108 e. The molecule has 1 N–H and O–H groups in total. The minimum absolute atomic E-state index is 0.0211. The van der Waals surface area contributed by atoms with E-state index in [2.05, 4.69) is 67.7 Å². The third-order valence-corrected chi connectivity index (χ3v) is 4.04. The second-order valence-corrected chi connectivity index (χ2v) is 5.36. The number of aryl methyl sites for hydroxylation is 2. The Balaban J connectivity index is 1.86. The monoisotopic (exact) mass is 233 g/mol. The van der Waals surface area contributed by atoms with Crippen molar-refractivity contribution in [3.63, 3.8) is 0 Å². The van der Waals surface area contributed by atoms with Crippen molar-refractivity contribution in [3.8, 4) is 0 Å². The first kappa shape index (κ1) is 9.95. The Labute approximate surface area is 107 Å². The molecule has 1 spiro atoms. The van der Waals surface area contributed by atoms with E-state index in [1.165, 1.54) is 33.5 Å². The van der Waals surface area contributed by atoms with Crippen LogP contribution in [-0.4, -0.2) is 0 Å². The lowest BCUT2D eigenvalue weighted by atomic mass is 10.0. The zero-order chi connectivity index (χ0) is 12.3. The molecule has 0 saturated carbocycles. The summed E-state index contributed by atoms with van der Waals surface area (Å²) in [4.78, 5) is 0. The van der Waals surface area contributed by atoms with Crippen LogP contribution in [0.15, 0.2) is 42.5 Å². The topological polar surface area (TPSA) is 12.0 Å². The Hall–Kier alpha value is -2.02. The Morgan fingerprint density at radius 3 is 2.78 bits per heavy atom. The number of para-hydroxylation sites is 1. The summed E-state index contributed by atoms with van der Waals surface area (Å²) < 4.78 is 0. The minimum atomic E-state index is -0.0211. The molecule has 1 heteroatoms. The van der Waals surface area contributed by atoms with Gasteiger partial charge in [-0.25, -0.2) is 0 Å². The lowest BCUT2D eigenvalue weighted by Gasteiger charge is -2.22. The molecule has 1 atom stereocenters. The summed E-state index contributed by atoms with van der Waals surface area (Å²) in [5, 5.41) is 3.69. The van der Waals surface area contributed by atoms with Crippen molar-refractivity contribution >= 4 is 11.8 Å². The molecule has 18 heavy (non-hydrogen) atoms. The molecule has 1 aliphatic heterocycles. The van der Waals surface area contributed by atoms with Crippen molar-refractivity contribution in [2.75, 3.05) is 5.32 Å². The van der Waals surface area contributed by atoms with Gasteiger partial charge in [-0.2, -0.15) is 0 Å². The molecule has 0 radical (unpaired) electrons. The van der Waals surface area contributed by atoms with Crippen LogP contribution in [0, 0.1) is 13.8 Å². The minimum Gasteiger partial charge on any atom is -0.368 e. The lowest BCUT2D eigenvalue weighted by Crippen LogP contribution is -2.21. The second kappa shape index (κ2) is 3.05. The summed E-state index contributed by atoms with van der Waals surface area (Å²) in [6, 6.07) is 13.0. The number of nitrogens with one attached hydrogen (secondary N) is 1. The third kappa shape index (κ3) is 1.11. The number of fused-ring (bicyclic) bond motifs is 4. The van der Waals surface area contributed by atoms with Crippen LogP contribution in [-0.2, 0) is 5.54 Å². The SMILES string of the molecule is Cc1cc(C)c2c(c1)[C@@]21C=Cc2ccccc2N1. The molecule has 4 rings (SSSR count). The van der Waals surface area contributed by atoms with Crippen LogP contribution in [0.3, 0.4) is 0 Å². The molecule has 0 bridgehead atoms. The smallest absolute Gasteiger partial charge is 0.108 e. The van der Waals surface area contributed by atoms with E-state index in [0.717, 1.165) is 0 Å². The highest BCUT2D eigenvalue weighted by molar-refractivity contribution is 5.82. The van der Waals surface area contributed by atoms with E-state index in [1.54, 1.807) is 0 Å². The molecular weight excluding hydrogens is 218 g/mol. The van der Waals surface area contributed by atoms with Gasteiger partial charge in [0.25, 0.3) is 0 Å². The molecule has 0 unspecified atom stereocenters. The predicted octanol–water partition coefficient (Wildman–Crippen LogP) is 4.00. The summed E-state index contributed by atoms with van der Waals surface area (Å²) in [7, 11) is 0. The molecule has 1 heterocycles. The lowest BCUT2D eigenvalue weighted by molar-refractivity contribution is 0.908. The summed E-state index contributed by atoms with van der Waals surface area (Å²) in [6.07, 6.45) is 4.53. The van der Waals surface area contributed by atoms with E-state index in [9.17, 15) is 0 Å². The Morgan fingerprint density at radius 2 is 1.89 bits per heavy atom. The molecule has 0 aromatic heterocycles. The molecule has 88 valence electrons. The number of hydrogen-bond donors (Lipinski definition) is 1. The van der Waals surface area contributed by atoms with Crippen LogP contribution >= 0.6 is 0 Å². The normalized spacial score (nSPS) is 22.3. The van der Waals surface area contributed by atoms with Crippen LogP contribution < -0.4 is 5.32 Å². The van der Waals surface area contributed by atoms with Gasteiger partial charge in [-0.1, -0.05) is 42.0 Å². The Morgan fingerprint density at radius 1 is 1.06 bits per heavy atom. The average Bonchev–Trinajstić information content (AvgIpc) is 2.96. The maximum atomic E-state index is 3.69.